The molecule has 45 heavy (non-hydrogen) atoms. The number of fused-ring (bicyclic) bond motifs is 1. The highest BCUT2D eigenvalue weighted by Crippen LogP contribution is 2.22. The monoisotopic (exact) mass is 637 g/mol. The number of amides is 3. The van der Waals surface area contributed by atoms with Gasteiger partial charge >= 0.3 is 5.63 Å². The lowest BCUT2D eigenvalue weighted by Crippen LogP contribution is -2.38. The summed E-state index contributed by atoms with van der Waals surface area (Å²) in [7, 11) is -4.44. The largest absolute Gasteiger partial charge is 0.422 e. The maximum absolute atomic E-state index is 12.8. The van der Waals surface area contributed by atoms with E-state index in [4.69, 9.17) is 4.42 Å². The van der Waals surface area contributed by atoms with Crippen molar-refractivity contribution in [3.05, 3.63) is 76.4 Å². The fourth-order valence-corrected chi connectivity index (χ4v) is 5.52. The van der Waals surface area contributed by atoms with Crippen molar-refractivity contribution in [1.82, 2.24) is 10.2 Å². The van der Waals surface area contributed by atoms with Crippen LogP contribution in [0, 0.1) is 0 Å². The van der Waals surface area contributed by atoms with Crippen molar-refractivity contribution in [1.29, 1.82) is 0 Å². The molecule has 4 rings (SSSR count). The number of aromatic nitrogens is 1. The van der Waals surface area contributed by atoms with Crippen molar-refractivity contribution in [2.24, 2.45) is 0 Å². The highest BCUT2D eigenvalue weighted by Gasteiger charge is 2.22. The molecule has 1 aliphatic rings. The molecule has 3 aromatic rings. The number of unbranched alkanes of at least 4 members (excludes halogenated alkanes) is 2. The zero-order valence-electron chi connectivity index (χ0n) is 25.3. The second-order valence-corrected chi connectivity index (χ2v) is 11.9. The van der Waals surface area contributed by atoms with E-state index in [1.807, 2.05) is 18.2 Å². The molecule has 0 unspecified atom stereocenters. The number of nitrogens with one attached hydrogen (secondary N) is 1. The Morgan fingerprint density at radius 2 is 1.73 bits per heavy atom. The Morgan fingerprint density at radius 3 is 2.42 bits per heavy atom. The minimum absolute atomic E-state index is 0.103. The highest BCUT2D eigenvalue weighted by atomic mass is 32.2. The van der Waals surface area contributed by atoms with Gasteiger partial charge in [0.15, 0.2) is 11.1 Å². The van der Waals surface area contributed by atoms with Gasteiger partial charge in [-0.3, -0.25) is 23.8 Å². The van der Waals surface area contributed by atoms with E-state index in [0.717, 1.165) is 29.1 Å². The van der Waals surface area contributed by atoms with E-state index in [1.165, 1.54) is 30.5 Å². The summed E-state index contributed by atoms with van der Waals surface area (Å²) >= 11 is 0. The second kappa shape index (κ2) is 14.9. The smallest absolute Gasteiger partial charge is 0.343 e. The number of nitrogens with zero attached hydrogens (tertiary/aromatic N) is 3. The van der Waals surface area contributed by atoms with Gasteiger partial charge in [0.2, 0.25) is 11.6 Å². The number of aryl methyl sites for hydroxylation is 1. The van der Waals surface area contributed by atoms with Crippen LogP contribution in [0.2, 0.25) is 0 Å². The van der Waals surface area contributed by atoms with Crippen molar-refractivity contribution in [3.8, 4) is 0 Å². The summed E-state index contributed by atoms with van der Waals surface area (Å²) < 4.78 is 40.4. The van der Waals surface area contributed by atoms with Crippen LogP contribution >= 0.6 is 0 Å². The molecular formula is C32H37N4O8S+. The number of carbonyl (C=O) groups is 3. The van der Waals surface area contributed by atoms with Gasteiger partial charge in [-0.2, -0.15) is 13.0 Å². The third kappa shape index (κ3) is 8.73. The van der Waals surface area contributed by atoms with Crippen LogP contribution in [0.25, 0.3) is 23.1 Å². The van der Waals surface area contributed by atoms with E-state index in [2.05, 4.69) is 24.1 Å². The summed E-state index contributed by atoms with van der Waals surface area (Å²) in [6.45, 7) is 6.41. The second-order valence-electron chi connectivity index (χ2n) is 10.5. The molecule has 3 amide bonds. The van der Waals surface area contributed by atoms with Gasteiger partial charge < -0.3 is 14.6 Å². The van der Waals surface area contributed by atoms with E-state index >= 15 is 0 Å². The summed E-state index contributed by atoms with van der Waals surface area (Å²) in [6.07, 6.45) is 9.05. The maximum Gasteiger partial charge on any atom is 0.343 e. The van der Waals surface area contributed by atoms with Crippen LogP contribution in [-0.4, -0.2) is 61.8 Å². The number of hydrogen-bond acceptors (Lipinski definition) is 8. The molecule has 13 heteroatoms. The van der Waals surface area contributed by atoms with Crippen molar-refractivity contribution >= 4 is 56.6 Å². The van der Waals surface area contributed by atoms with Crippen molar-refractivity contribution < 1.29 is 36.3 Å². The van der Waals surface area contributed by atoms with Crippen LogP contribution in [0.3, 0.4) is 0 Å². The lowest BCUT2D eigenvalue weighted by molar-refractivity contribution is -0.700. The van der Waals surface area contributed by atoms with Gasteiger partial charge in [0, 0.05) is 80.5 Å². The number of benzene rings is 1. The number of anilines is 1. The molecule has 0 bridgehead atoms. The first-order valence-electron chi connectivity index (χ1n) is 14.8. The van der Waals surface area contributed by atoms with Gasteiger partial charge in [-0.15, -0.1) is 0 Å². The predicted octanol–water partition coefficient (Wildman–Crippen LogP) is 2.95. The van der Waals surface area contributed by atoms with Crippen LogP contribution in [0.5, 0.6) is 0 Å². The van der Waals surface area contributed by atoms with Gasteiger partial charge in [-0.25, -0.2) is 4.79 Å². The van der Waals surface area contributed by atoms with Crippen molar-refractivity contribution in [2.45, 2.75) is 51.0 Å². The lowest BCUT2D eigenvalue weighted by Gasteiger charge is -2.20. The SMILES string of the molecule is CCN(CC)c1ccc2cc(C=Cc3ccc(S(=O)(=O)O)c[n+]3CCCCCC(=O)NCCN3C(=O)C=CC3=O)c(=O)oc2c1. The van der Waals surface area contributed by atoms with Gasteiger partial charge in [-0.05, 0) is 57.0 Å². The van der Waals surface area contributed by atoms with Crippen molar-refractivity contribution in [2.75, 3.05) is 31.1 Å². The third-order valence-electron chi connectivity index (χ3n) is 7.50. The van der Waals surface area contributed by atoms with Crippen molar-refractivity contribution in [3.63, 3.8) is 0 Å². The Labute approximate surface area is 261 Å². The summed E-state index contributed by atoms with van der Waals surface area (Å²) in [5, 5.41) is 3.46. The van der Waals surface area contributed by atoms with Crippen LogP contribution in [0.4, 0.5) is 5.69 Å². The summed E-state index contributed by atoms with van der Waals surface area (Å²) in [5.41, 5.74) is 1.86. The summed E-state index contributed by atoms with van der Waals surface area (Å²) in [6, 6.07) is 10.3. The normalized spacial score (nSPS) is 13.4. The molecule has 2 aromatic heterocycles. The molecule has 0 spiro atoms. The Morgan fingerprint density at radius 1 is 1.00 bits per heavy atom. The molecule has 12 nitrogen and oxygen atoms in total. The topological polar surface area (TPSA) is 158 Å². The number of imide groups is 1. The molecule has 0 fully saturated rings. The molecule has 1 aliphatic heterocycles. The molecule has 0 atom stereocenters. The van der Waals surface area contributed by atoms with Crippen LogP contribution in [-0.2, 0) is 31.0 Å². The molecule has 3 heterocycles. The molecule has 0 aliphatic carbocycles. The quantitative estimate of drug-likeness (QED) is 0.0840. The van der Waals surface area contributed by atoms with Gasteiger partial charge in [-0.1, -0.05) is 0 Å². The first-order chi connectivity index (χ1) is 21.5. The molecule has 2 N–H and O–H groups in total. The lowest BCUT2D eigenvalue weighted by atomic mass is 10.1. The predicted molar refractivity (Wildman–Crippen MR) is 169 cm³/mol. The molecule has 0 saturated carbocycles. The zero-order valence-corrected chi connectivity index (χ0v) is 26.1. The Bertz CT molecular complexity index is 1790. The molecule has 238 valence electrons. The number of carbonyl (C=O) groups excluding carboxylic acids is 3. The van der Waals surface area contributed by atoms with E-state index in [9.17, 15) is 32.1 Å². The molecule has 0 saturated heterocycles. The highest BCUT2D eigenvalue weighted by molar-refractivity contribution is 7.85. The number of rotatable bonds is 15. The van der Waals surface area contributed by atoms with E-state index in [0.29, 0.717) is 42.6 Å². The first kappa shape index (κ1) is 33.3. The van der Waals surface area contributed by atoms with Crippen LogP contribution in [0.1, 0.15) is 50.8 Å². The summed E-state index contributed by atoms with van der Waals surface area (Å²) in [5.74, 6) is -1.00. The minimum Gasteiger partial charge on any atom is -0.422 e. The maximum atomic E-state index is 12.8. The van der Waals surface area contributed by atoms with Crippen LogP contribution < -0.4 is 20.4 Å². The van der Waals surface area contributed by atoms with Gasteiger partial charge in [0.05, 0.1) is 5.56 Å². The van der Waals surface area contributed by atoms with E-state index < -0.39 is 27.6 Å². The van der Waals surface area contributed by atoms with E-state index in [-0.39, 0.29) is 30.3 Å². The average molecular weight is 638 g/mol. The first-order valence-corrected chi connectivity index (χ1v) is 16.3. The Balaban J connectivity index is 1.38. The Hall–Kier alpha value is -4.62. The fraction of sp³-hybridized carbons (Fsp3) is 0.344. The fourth-order valence-electron chi connectivity index (χ4n) is 5.02. The van der Waals surface area contributed by atoms with Gasteiger partial charge in [0.25, 0.3) is 21.9 Å². The van der Waals surface area contributed by atoms with Gasteiger partial charge in [0.1, 0.15) is 12.1 Å². The van der Waals surface area contributed by atoms with E-state index in [1.54, 1.807) is 22.8 Å². The molecular weight excluding hydrogens is 600 g/mol. The number of hydrogen-bond donors (Lipinski definition) is 2. The average Bonchev–Trinajstić information content (AvgIpc) is 3.32. The van der Waals surface area contributed by atoms with Crippen LogP contribution in [0.15, 0.2) is 68.9 Å². The number of pyridine rings is 1. The Kier molecular flexibility index (Phi) is 11.0. The third-order valence-corrected chi connectivity index (χ3v) is 8.34. The minimum atomic E-state index is -4.44. The zero-order chi connectivity index (χ0) is 32.6. The molecule has 1 aromatic carbocycles. The molecule has 0 radical (unpaired) electrons. The standard InChI is InChI=1S/C32H36N4O8S/c1-3-34(4-2)26-12-9-23-20-24(32(40)44-28(23)21-26)10-11-25-13-14-27(45(41,42)43)22-35(25)18-7-5-6-8-29(37)33-17-19-36-30(38)15-16-31(36)39/h9-16,20-22H,3-8,17-19H2,1-2H3,(H-,33,37,41,42,43)/p+1. The summed E-state index contributed by atoms with van der Waals surface area (Å²) in [4.78, 5) is 51.0.